The number of carbonyl (C=O) groups excluding carboxylic acids is 1. The number of methoxy groups -OCH3 is 1. The molecule has 0 radical (unpaired) electrons. The van der Waals surface area contributed by atoms with Crippen molar-refractivity contribution in [2.45, 2.75) is 33.0 Å². The largest absolute Gasteiger partial charge is 0.496 e. The number of halogens is 2. The number of hydrogen-bond acceptors (Lipinski definition) is 13. The SMILES string of the molecule is CCOC(=O)[C@@H](Cc1ccccc1OCc1ccnc(-c2ccccc2OC)n1)Oc1nsc2cnc(Cl)c(-c3ccc(OCCN4CCN(C)CC4)c(Cl)c3C)c12. The molecule has 15 heteroatoms. The molecule has 6 aromatic rings. The second-order valence-electron chi connectivity index (χ2n) is 13.7. The summed E-state index contributed by atoms with van der Waals surface area (Å²) in [4.78, 5) is 31.9. The molecule has 7 rings (SSSR count). The Morgan fingerprint density at radius 1 is 0.914 bits per heavy atom. The van der Waals surface area contributed by atoms with Gasteiger partial charge >= 0.3 is 5.97 Å². The molecule has 1 fully saturated rings. The number of para-hydroxylation sites is 2. The van der Waals surface area contributed by atoms with E-state index in [4.69, 9.17) is 51.9 Å². The van der Waals surface area contributed by atoms with Crippen molar-refractivity contribution in [1.29, 1.82) is 0 Å². The summed E-state index contributed by atoms with van der Waals surface area (Å²) < 4.78 is 35.4. The molecule has 0 spiro atoms. The average Bonchev–Trinajstić information content (AvgIpc) is 3.65. The molecule has 1 atom stereocenters. The van der Waals surface area contributed by atoms with Crippen molar-refractivity contribution < 1.29 is 28.5 Å². The first-order chi connectivity index (χ1) is 28.2. The number of nitrogens with zero attached hydrogens (tertiary/aromatic N) is 6. The lowest BCUT2D eigenvalue weighted by Crippen LogP contribution is -2.45. The van der Waals surface area contributed by atoms with Gasteiger partial charge in [-0.05, 0) is 79.4 Å². The third-order valence-corrected chi connectivity index (χ3v) is 11.5. The van der Waals surface area contributed by atoms with Crippen molar-refractivity contribution in [1.82, 2.24) is 29.1 Å². The summed E-state index contributed by atoms with van der Waals surface area (Å²) >= 11 is 15.0. The van der Waals surface area contributed by atoms with Crippen LogP contribution in [0.2, 0.25) is 10.2 Å². The van der Waals surface area contributed by atoms with Gasteiger partial charge in [-0.1, -0.05) is 59.6 Å². The number of ether oxygens (including phenoxy) is 5. The van der Waals surface area contributed by atoms with Gasteiger partial charge in [-0.25, -0.2) is 19.7 Å². The molecule has 0 N–H and O–H groups in total. The minimum absolute atomic E-state index is 0.128. The van der Waals surface area contributed by atoms with Gasteiger partial charge in [-0.2, -0.15) is 4.37 Å². The summed E-state index contributed by atoms with van der Waals surface area (Å²) in [6.07, 6.45) is 2.38. The Morgan fingerprint density at radius 2 is 1.69 bits per heavy atom. The predicted molar refractivity (Wildman–Crippen MR) is 227 cm³/mol. The van der Waals surface area contributed by atoms with Crippen LogP contribution in [-0.2, 0) is 22.6 Å². The predicted octanol–water partition coefficient (Wildman–Crippen LogP) is 8.20. The molecule has 0 aliphatic carbocycles. The van der Waals surface area contributed by atoms with Crippen molar-refractivity contribution >= 4 is 50.8 Å². The van der Waals surface area contributed by atoms with Crippen LogP contribution in [0.1, 0.15) is 23.7 Å². The first-order valence-corrected chi connectivity index (χ1v) is 20.5. The normalized spacial score (nSPS) is 14.0. The Balaban J connectivity index is 1.12. The van der Waals surface area contributed by atoms with Crippen molar-refractivity contribution in [2.24, 2.45) is 0 Å². The number of aromatic nitrogens is 4. The van der Waals surface area contributed by atoms with E-state index in [9.17, 15) is 4.79 Å². The first kappa shape index (κ1) is 41.1. The van der Waals surface area contributed by atoms with E-state index < -0.39 is 12.1 Å². The quantitative estimate of drug-likeness (QED) is 0.0690. The molecular formula is C43H44Cl2N6O6S. The molecular weight excluding hydrogens is 799 g/mol. The van der Waals surface area contributed by atoms with E-state index in [1.165, 1.54) is 11.5 Å². The maximum atomic E-state index is 13.6. The van der Waals surface area contributed by atoms with E-state index in [-0.39, 0.29) is 30.7 Å². The molecule has 3 aromatic heterocycles. The highest BCUT2D eigenvalue weighted by Crippen LogP contribution is 2.45. The number of esters is 1. The summed E-state index contributed by atoms with van der Waals surface area (Å²) in [6.45, 7) is 9.41. The van der Waals surface area contributed by atoms with Crippen molar-refractivity contribution in [3.05, 3.63) is 106 Å². The highest BCUT2D eigenvalue weighted by Gasteiger charge is 2.29. The number of hydrogen-bond donors (Lipinski definition) is 0. The van der Waals surface area contributed by atoms with Crippen LogP contribution in [0.25, 0.3) is 32.6 Å². The smallest absolute Gasteiger partial charge is 0.347 e. The van der Waals surface area contributed by atoms with Gasteiger partial charge in [0.2, 0.25) is 12.0 Å². The Kier molecular flexibility index (Phi) is 13.6. The van der Waals surface area contributed by atoms with Crippen molar-refractivity contribution in [2.75, 3.05) is 60.1 Å². The minimum Gasteiger partial charge on any atom is -0.496 e. The summed E-state index contributed by atoms with van der Waals surface area (Å²) in [7, 11) is 3.75. The highest BCUT2D eigenvalue weighted by molar-refractivity contribution is 7.13. The summed E-state index contributed by atoms with van der Waals surface area (Å²) in [5.41, 5.74) is 4.26. The molecule has 12 nitrogen and oxygen atoms in total. The van der Waals surface area contributed by atoms with Gasteiger partial charge in [0.05, 0.1) is 40.1 Å². The molecule has 58 heavy (non-hydrogen) atoms. The van der Waals surface area contributed by atoms with Gasteiger partial charge in [-0.15, -0.1) is 0 Å². The monoisotopic (exact) mass is 842 g/mol. The molecule has 1 aliphatic heterocycles. The number of piperazine rings is 1. The van der Waals surface area contributed by atoms with E-state index in [2.05, 4.69) is 31.2 Å². The van der Waals surface area contributed by atoms with E-state index in [0.717, 1.165) is 59.7 Å². The van der Waals surface area contributed by atoms with Crippen molar-refractivity contribution in [3.8, 4) is 45.6 Å². The standard InChI is InChI=1S/C43H44Cl2N6O6S/c1-5-54-43(52)35(24-28-10-6-8-12-32(28)56-26-29-16-17-46-41(48-29)31-11-7-9-13-33(31)53-4)57-42-38-36(58-49-42)25-47-40(45)37(38)30-14-15-34(39(44)27(30)2)55-23-22-51-20-18-50(3)19-21-51/h6-17,25,35H,5,18-24,26H2,1-4H3/t35-/m1/s1. The number of benzene rings is 3. The fraction of sp³-hybridized carbons (Fsp3) is 0.326. The highest BCUT2D eigenvalue weighted by atomic mass is 35.5. The summed E-state index contributed by atoms with van der Waals surface area (Å²) in [5, 5.41) is 1.33. The molecule has 0 saturated carbocycles. The summed E-state index contributed by atoms with van der Waals surface area (Å²) in [5.74, 6) is 2.02. The molecule has 302 valence electrons. The van der Waals surface area contributed by atoms with E-state index in [0.29, 0.717) is 51.3 Å². The summed E-state index contributed by atoms with van der Waals surface area (Å²) in [6, 6.07) is 20.6. The zero-order chi connectivity index (χ0) is 40.6. The average molecular weight is 844 g/mol. The van der Waals surface area contributed by atoms with Crippen LogP contribution in [0.15, 0.2) is 79.1 Å². The van der Waals surface area contributed by atoms with Gasteiger partial charge in [0.25, 0.3) is 0 Å². The van der Waals surface area contributed by atoms with Crippen LogP contribution in [0.5, 0.6) is 23.1 Å². The Labute approximate surface area is 351 Å². The number of pyridine rings is 1. The third-order valence-electron chi connectivity index (χ3n) is 9.94. The number of fused-ring (bicyclic) bond motifs is 1. The lowest BCUT2D eigenvalue weighted by molar-refractivity contribution is -0.151. The Bertz CT molecular complexity index is 2370. The van der Waals surface area contributed by atoms with Gasteiger partial charge in [0.1, 0.15) is 35.6 Å². The van der Waals surface area contributed by atoms with Crippen LogP contribution in [-0.4, -0.2) is 101 Å². The zero-order valence-corrected chi connectivity index (χ0v) is 35.1. The van der Waals surface area contributed by atoms with Crippen LogP contribution < -0.4 is 18.9 Å². The second-order valence-corrected chi connectivity index (χ2v) is 15.3. The van der Waals surface area contributed by atoms with Gasteiger partial charge in [0, 0.05) is 57.1 Å². The fourth-order valence-corrected chi connectivity index (χ4v) is 7.92. The van der Waals surface area contributed by atoms with Gasteiger partial charge in [-0.3, -0.25) is 4.90 Å². The van der Waals surface area contributed by atoms with E-state index >= 15 is 0 Å². The van der Waals surface area contributed by atoms with Crippen LogP contribution in [0.4, 0.5) is 0 Å². The molecule has 0 amide bonds. The zero-order valence-electron chi connectivity index (χ0n) is 32.7. The molecule has 4 heterocycles. The molecule has 0 unspecified atom stereocenters. The Morgan fingerprint density at radius 3 is 2.48 bits per heavy atom. The first-order valence-electron chi connectivity index (χ1n) is 19.0. The van der Waals surface area contributed by atoms with Gasteiger partial charge in [0.15, 0.2) is 5.82 Å². The second kappa shape index (κ2) is 19.1. The van der Waals surface area contributed by atoms with Gasteiger partial charge < -0.3 is 28.6 Å². The third kappa shape index (κ3) is 9.46. The van der Waals surface area contributed by atoms with E-state index in [1.807, 2.05) is 67.6 Å². The minimum atomic E-state index is -1.08. The van der Waals surface area contributed by atoms with E-state index in [1.54, 1.807) is 32.5 Å². The number of rotatable bonds is 16. The lowest BCUT2D eigenvalue weighted by atomic mass is 9.99. The maximum Gasteiger partial charge on any atom is 0.347 e. The maximum absolute atomic E-state index is 13.6. The van der Waals surface area contributed by atoms with Crippen LogP contribution >= 0.6 is 34.7 Å². The number of likely N-dealkylation sites (N-methyl/N-ethyl adjacent to an activating group) is 1. The molecule has 1 saturated heterocycles. The van der Waals surface area contributed by atoms with Crippen LogP contribution in [0.3, 0.4) is 0 Å². The topological polar surface area (TPSA) is 121 Å². The van der Waals surface area contributed by atoms with Crippen LogP contribution in [0, 0.1) is 6.92 Å². The Hall–Kier alpha value is -5.05. The molecule has 3 aromatic carbocycles. The van der Waals surface area contributed by atoms with Crippen molar-refractivity contribution in [3.63, 3.8) is 0 Å². The lowest BCUT2D eigenvalue weighted by Gasteiger charge is -2.32. The number of carbonyl (C=O) groups is 1. The molecule has 1 aliphatic rings. The molecule has 0 bridgehead atoms. The fourth-order valence-electron chi connectivity index (χ4n) is 6.76.